The van der Waals surface area contributed by atoms with E-state index in [1.54, 1.807) is 0 Å². The van der Waals surface area contributed by atoms with E-state index in [2.05, 4.69) is 93.8 Å². The SMILES string of the molecule is C=C(CC)N(c1ccccc1)c1cccc(CCCCCC[N+](CC)(CC)CC)c1. The molecule has 0 bridgehead atoms. The summed E-state index contributed by atoms with van der Waals surface area (Å²) in [5, 5.41) is 0. The van der Waals surface area contributed by atoms with Crippen LogP contribution in [0, 0.1) is 0 Å². The van der Waals surface area contributed by atoms with Crippen molar-refractivity contribution in [3.8, 4) is 0 Å². The highest BCUT2D eigenvalue weighted by molar-refractivity contribution is 5.68. The van der Waals surface area contributed by atoms with E-state index in [0.717, 1.165) is 18.5 Å². The van der Waals surface area contributed by atoms with Crippen molar-refractivity contribution < 1.29 is 4.48 Å². The molecule has 0 fully saturated rings. The number of nitrogens with zero attached hydrogens (tertiary/aromatic N) is 2. The number of hydrogen-bond donors (Lipinski definition) is 0. The molecule has 2 aromatic rings. The summed E-state index contributed by atoms with van der Waals surface area (Å²) in [4.78, 5) is 2.29. The van der Waals surface area contributed by atoms with Crippen molar-refractivity contribution >= 4 is 11.4 Å². The van der Waals surface area contributed by atoms with Crippen LogP contribution < -0.4 is 4.90 Å². The van der Waals surface area contributed by atoms with Crippen LogP contribution in [0.25, 0.3) is 0 Å². The predicted octanol–water partition coefficient (Wildman–Crippen LogP) is 7.73. The van der Waals surface area contributed by atoms with Crippen LogP contribution in [0.1, 0.15) is 65.4 Å². The van der Waals surface area contributed by atoms with Crippen molar-refractivity contribution in [3.05, 3.63) is 72.4 Å². The Morgan fingerprint density at radius 1 is 0.767 bits per heavy atom. The molecule has 0 unspecified atom stereocenters. The first-order valence-electron chi connectivity index (χ1n) is 12.1. The minimum atomic E-state index is 0.937. The van der Waals surface area contributed by atoms with Crippen LogP contribution in [0.3, 0.4) is 0 Å². The molecular weight excluding hydrogens is 364 g/mol. The average Bonchev–Trinajstić information content (AvgIpc) is 2.80. The molecule has 0 N–H and O–H groups in total. The van der Waals surface area contributed by atoms with Gasteiger partial charge in [-0.1, -0.05) is 50.3 Å². The molecule has 2 aromatic carbocycles. The Balaban J connectivity index is 1.91. The molecule has 0 atom stereocenters. The molecule has 164 valence electrons. The van der Waals surface area contributed by atoms with Crippen molar-refractivity contribution in [3.63, 3.8) is 0 Å². The Morgan fingerprint density at radius 3 is 2.03 bits per heavy atom. The van der Waals surface area contributed by atoms with Crippen molar-refractivity contribution in [2.45, 2.75) is 66.2 Å². The number of unbranched alkanes of at least 4 members (excludes halogenated alkanes) is 3. The van der Waals surface area contributed by atoms with Gasteiger partial charge in [-0.15, -0.1) is 0 Å². The third-order valence-corrected chi connectivity index (χ3v) is 6.77. The van der Waals surface area contributed by atoms with Gasteiger partial charge >= 0.3 is 0 Å². The molecule has 2 nitrogen and oxygen atoms in total. The first kappa shape index (κ1) is 24.2. The third kappa shape index (κ3) is 6.74. The van der Waals surface area contributed by atoms with E-state index < -0.39 is 0 Å². The Morgan fingerprint density at radius 2 is 1.40 bits per heavy atom. The Kier molecular flexibility index (Phi) is 10.2. The highest BCUT2D eigenvalue weighted by Crippen LogP contribution is 2.31. The van der Waals surface area contributed by atoms with Gasteiger partial charge in [0.1, 0.15) is 0 Å². The maximum absolute atomic E-state index is 4.32. The van der Waals surface area contributed by atoms with E-state index in [4.69, 9.17) is 0 Å². The van der Waals surface area contributed by atoms with Gasteiger partial charge in [-0.2, -0.15) is 0 Å². The zero-order valence-corrected chi connectivity index (χ0v) is 19.9. The van der Waals surface area contributed by atoms with Crippen molar-refractivity contribution in [2.24, 2.45) is 0 Å². The number of rotatable bonds is 14. The lowest BCUT2D eigenvalue weighted by atomic mass is 10.0. The normalized spacial score (nSPS) is 11.5. The first-order chi connectivity index (χ1) is 14.6. The summed E-state index contributed by atoms with van der Waals surface area (Å²) in [6.45, 7) is 18.6. The van der Waals surface area contributed by atoms with E-state index in [1.165, 1.54) is 73.3 Å². The topological polar surface area (TPSA) is 3.24 Å². The van der Waals surface area contributed by atoms with Crippen molar-refractivity contribution in [1.82, 2.24) is 0 Å². The molecular formula is C28H43N2+. The van der Waals surface area contributed by atoms with E-state index in [-0.39, 0.29) is 0 Å². The molecule has 0 aliphatic carbocycles. The zero-order chi connectivity index (χ0) is 21.8. The van der Waals surface area contributed by atoms with Crippen molar-refractivity contribution in [1.29, 1.82) is 0 Å². The van der Waals surface area contributed by atoms with E-state index in [0.29, 0.717) is 0 Å². The minimum absolute atomic E-state index is 0.937. The van der Waals surface area contributed by atoms with E-state index in [1.807, 2.05) is 0 Å². The monoisotopic (exact) mass is 407 g/mol. The van der Waals surface area contributed by atoms with Gasteiger partial charge in [0.25, 0.3) is 0 Å². The van der Waals surface area contributed by atoms with Crippen molar-refractivity contribution in [2.75, 3.05) is 31.1 Å². The van der Waals surface area contributed by atoms with Crippen LogP contribution >= 0.6 is 0 Å². The van der Waals surface area contributed by atoms with Crippen LogP contribution in [0.2, 0.25) is 0 Å². The van der Waals surface area contributed by atoms with Gasteiger partial charge in [-0.25, -0.2) is 0 Å². The molecule has 2 heteroatoms. The summed E-state index contributed by atoms with van der Waals surface area (Å²) >= 11 is 0. The summed E-state index contributed by atoms with van der Waals surface area (Å²) in [7, 11) is 0. The lowest BCUT2D eigenvalue weighted by molar-refractivity contribution is -0.923. The number of anilines is 2. The summed E-state index contributed by atoms with van der Waals surface area (Å²) in [5.74, 6) is 0. The van der Waals surface area contributed by atoms with Gasteiger partial charge in [0, 0.05) is 17.1 Å². The Labute approximate surface area is 185 Å². The van der Waals surface area contributed by atoms with Crippen LogP contribution in [0.15, 0.2) is 66.9 Å². The van der Waals surface area contributed by atoms with Gasteiger partial charge in [0.05, 0.1) is 26.2 Å². The molecule has 0 spiro atoms. The van der Waals surface area contributed by atoms with Crippen LogP contribution in [-0.4, -0.2) is 30.7 Å². The Bertz CT molecular complexity index is 738. The summed E-state index contributed by atoms with van der Waals surface area (Å²) in [5.41, 5.74) is 4.97. The maximum Gasteiger partial charge on any atom is 0.0786 e. The predicted molar refractivity (Wildman–Crippen MR) is 133 cm³/mol. The highest BCUT2D eigenvalue weighted by atomic mass is 15.3. The highest BCUT2D eigenvalue weighted by Gasteiger charge is 2.19. The maximum atomic E-state index is 4.32. The van der Waals surface area contributed by atoms with E-state index >= 15 is 0 Å². The number of benzene rings is 2. The first-order valence-corrected chi connectivity index (χ1v) is 12.1. The summed E-state index contributed by atoms with van der Waals surface area (Å²) in [6.07, 6.45) is 7.40. The standard InChI is InChI=1S/C28H43N2/c1-6-25(5)29(27-20-14-12-15-21-27)28-22-17-19-26(24-28)18-13-10-11-16-23-30(7-2,8-3)9-4/h12,14-15,17,19-22,24H,5-11,13,16,18,23H2,1-4H3/q+1. The second-order valence-corrected chi connectivity index (χ2v) is 8.44. The average molecular weight is 408 g/mol. The van der Waals surface area contributed by atoms with Gasteiger partial charge in [0.15, 0.2) is 0 Å². The second kappa shape index (κ2) is 12.6. The zero-order valence-electron chi connectivity index (χ0n) is 19.9. The molecule has 2 rings (SSSR count). The number of aryl methyl sites for hydroxylation is 1. The molecule has 0 aliphatic rings. The van der Waals surface area contributed by atoms with Crippen LogP contribution in [-0.2, 0) is 6.42 Å². The minimum Gasteiger partial charge on any atom is -0.324 e. The molecule has 0 saturated heterocycles. The molecule has 0 amide bonds. The molecule has 0 aliphatic heterocycles. The smallest absolute Gasteiger partial charge is 0.0786 e. The van der Waals surface area contributed by atoms with E-state index in [9.17, 15) is 0 Å². The summed E-state index contributed by atoms with van der Waals surface area (Å²) < 4.78 is 1.28. The lowest BCUT2D eigenvalue weighted by Crippen LogP contribution is -2.48. The number of quaternary nitrogens is 1. The Hall–Kier alpha value is -2.06. The molecule has 0 radical (unpaired) electrons. The largest absolute Gasteiger partial charge is 0.324 e. The fourth-order valence-electron chi connectivity index (χ4n) is 4.38. The number of allylic oxidation sites excluding steroid dienone is 1. The quantitative estimate of drug-likeness (QED) is 0.229. The number of para-hydroxylation sites is 1. The van der Waals surface area contributed by atoms with Gasteiger partial charge in [0.2, 0.25) is 0 Å². The van der Waals surface area contributed by atoms with Gasteiger partial charge in [-0.3, -0.25) is 0 Å². The molecule has 0 saturated carbocycles. The second-order valence-electron chi connectivity index (χ2n) is 8.44. The number of hydrogen-bond acceptors (Lipinski definition) is 1. The fourth-order valence-corrected chi connectivity index (χ4v) is 4.38. The molecule has 0 aromatic heterocycles. The van der Waals surface area contributed by atoms with Crippen LogP contribution in [0.4, 0.5) is 11.4 Å². The lowest BCUT2D eigenvalue weighted by Gasteiger charge is -2.35. The molecule has 30 heavy (non-hydrogen) atoms. The summed E-state index contributed by atoms with van der Waals surface area (Å²) in [6, 6.07) is 19.6. The van der Waals surface area contributed by atoms with Gasteiger partial charge in [-0.05, 0) is 82.7 Å². The molecule has 0 heterocycles. The van der Waals surface area contributed by atoms with Gasteiger partial charge < -0.3 is 9.38 Å². The third-order valence-electron chi connectivity index (χ3n) is 6.77. The fraction of sp³-hybridized carbons (Fsp3) is 0.500. The van der Waals surface area contributed by atoms with Crippen LogP contribution in [0.5, 0.6) is 0 Å².